The van der Waals surface area contributed by atoms with E-state index < -0.39 is 11.9 Å². The highest BCUT2D eigenvalue weighted by molar-refractivity contribution is 5.86. The molecule has 2 fully saturated rings. The summed E-state index contributed by atoms with van der Waals surface area (Å²) in [4.78, 5) is 25.4. The van der Waals surface area contributed by atoms with E-state index in [9.17, 15) is 9.59 Å². The lowest BCUT2D eigenvalue weighted by Gasteiger charge is -2.39. The zero-order chi connectivity index (χ0) is 16.2. The average Bonchev–Trinajstić information content (AvgIpc) is 2.52. The molecule has 23 heavy (non-hydrogen) atoms. The smallest absolute Gasteiger partial charge is 0.307 e. The second kappa shape index (κ2) is 7.13. The van der Waals surface area contributed by atoms with Crippen LogP contribution in [0.25, 0.3) is 0 Å². The monoisotopic (exact) mass is 317 g/mol. The maximum absolute atomic E-state index is 12.5. The van der Waals surface area contributed by atoms with Gasteiger partial charge in [-0.2, -0.15) is 0 Å². The Hall–Kier alpha value is -1.88. The third kappa shape index (κ3) is 3.72. The zero-order valence-corrected chi connectivity index (χ0v) is 13.2. The molecule has 0 bridgehead atoms. The van der Waals surface area contributed by atoms with E-state index in [1.54, 1.807) is 4.90 Å². The highest BCUT2D eigenvalue weighted by Gasteiger charge is 2.43. The van der Waals surface area contributed by atoms with E-state index in [1.807, 2.05) is 18.2 Å². The Labute approximate surface area is 136 Å². The maximum Gasteiger partial charge on any atom is 0.307 e. The first-order chi connectivity index (χ1) is 11.1. The van der Waals surface area contributed by atoms with E-state index in [-0.39, 0.29) is 17.9 Å². The highest BCUT2D eigenvalue weighted by atomic mass is 16.5. The number of hydrogen-bond donors (Lipinski definition) is 1. The first kappa shape index (κ1) is 16.0. The molecule has 5 nitrogen and oxygen atoms in total. The van der Waals surface area contributed by atoms with Gasteiger partial charge in [-0.15, -0.1) is 0 Å². The molecule has 1 aromatic rings. The number of nitrogens with zero attached hydrogens (tertiary/aromatic N) is 1. The van der Waals surface area contributed by atoms with Gasteiger partial charge in [0.15, 0.2) is 0 Å². The maximum atomic E-state index is 12.5. The van der Waals surface area contributed by atoms with Crippen LogP contribution in [0.1, 0.15) is 24.8 Å². The normalized spacial score (nSPS) is 27.3. The second-order valence-corrected chi connectivity index (χ2v) is 6.43. The van der Waals surface area contributed by atoms with Crippen LogP contribution in [-0.4, -0.2) is 47.7 Å². The topological polar surface area (TPSA) is 66.8 Å². The Kier molecular flexibility index (Phi) is 4.96. The lowest BCUT2D eigenvalue weighted by molar-refractivity contribution is -0.160. The summed E-state index contributed by atoms with van der Waals surface area (Å²) in [7, 11) is 0. The predicted octanol–water partition coefficient (Wildman–Crippen LogP) is 1.96. The minimum absolute atomic E-state index is 0.00309. The molecule has 0 spiro atoms. The summed E-state index contributed by atoms with van der Waals surface area (Å²) in [6.07, 6.45) is 3.15. The van der Waals surface area contributed by atoms with Crippen molar-refractivity contribution in [3.63, 3.8) is 0 Å². The number of carbonyl (C=O) groups excluding carboxylic acids is 1. The molecule has 1 aliphatic heterocycles. The third-order valence-electron chi connectivity index (χ3n) is 4.96. The molecule has 5 heteroatoms. The molecule has 1 amide bonds. The van der Waals surface area contributed by atoms with Gasteiger partial charge in [-0.1, -0.05) is 30.3 Å². The van der Waals surface area contributed by atoms with Crippen molar-refractivity contribution in [2.24, 2.45) is 11.8 Å². The standard InChI is InChI=1S/C18H23NO4/c20-17(15-8-9-16(15)18(21)22)19-10-11-23-14(12-19)7-6-13-4-2-1-3-5-13/h1-5,14-16H,6-12H2,(H,21,22). The number of amides is 1. The fourth-order valence-electron chi connectivity index (χ4n) is 3.39. The minimum atomic E-state index is -0.844. The largest absolute Gasteiger partial charge is 0.481 e. The molecule has 1 heterocycles. The summed E-state index contributed by atoms with van der Waals surface area (Å²) in [6, 6.07) is 10.2. The molecule has 0 aromatic heterocycles. The van der Waals surface area contributed by atoms with Crippen molar-refractivity contribution in [1.82, 2.24) is 4.90 Å². The van der Waals surface area contributed by atoms with Gasteiger partial charge in [0.05, 0.1) is 24.5 Å². The van der Waals surface area contributed by atoms with E-state index >= 15 is 0 Å². The lowest BCUT2D eigenvalue weighted by Crippen LogP contribution is -2.52. The van der Waals surface area contributed by atoms with Crippen LogP contribution in [0.2, 0.25) is 0 Å². The fraction of sp³-hybridized carbons (Fsp3) is 0.556. The van der Waals surface area contributed by atoms with Crippen LogP contribution in [0.3, 0.4) is 0 Å². The van der Waals surface area contributed by atoms with Gasteiger partial charge in [0.25, 0.3) is 0 Å². The van der Waals surface area contributed by atoms with Crippen LogP contribution in [0.5, 0.6) is 0 Å². The average molecular weight is 317 g/mol. The number of morpholine rings is 1. The van der Waals surface area contributed by atoms with Gasteiger partial charge in [-0.3, -0.25) is 9.59 Å². The first-order valence-corrected chi connectivity index (χ1v) is 8.32. The van der Waals surface area contributed by atoms with Gasteiger partial charge >= 0.3 is 5.97 Å². The van der Waals surface area contributed by atoms with Crippen LogP contribution in [0.15, 0.2) is 30.3 Å². The minimum Gasteiger partial charge on any atom is -0.481 e. The van der Waals surface area contributed by atoms with E-state index in [2.05, 4.69) is 12.1 Å². The number of carboxylic acid groups (broad SMARTS) is 1. The van der Waals surface area contributed by atoms with Crippen LogP contribution < -0.4 is 0 Å². The Balaban J connectivity index is 1.52. The molecule has 3 atom stereocenters. The summed E-state index contributed by atoms with van der Waals surface area (Å²) in [6.45, 7) is 1.69. The Morgan fingerprint density at radius 3 is 2.57 bits per heavy atom. The number of carboxylic acids is 1. The van der Waals surface area contributed by atoms with Crippen molar-refractivity contribution in [2.75, 3.05) is 19.7 Å². The lowest BCUT2D eigenvalue weighted by atomic mass is 9.73. The number of rotatable bonds is 5. The van der Waals surface area contributed by atoms with Crippen molar-refractivity contribution in [3.8, 4) is 0 Å². The van der Waals surface area contributed by atoms with Crippen molar-refractivity contribution in [3.05, 3.63) is 35.9 Å². The molecule has 1 saturated carbocycles. The van der Waals surface area contributed by atoms with Gasteiger partial charge in [0, 0.05) is 13.1 Å². The van der Waals surface area contributed by atoms with Gasteiger partial charge in [0.1, 0.15) is 0 Å². The molecular formula is C18H23NO4. The van der Waals surface area contributed by atoms with Crippen molar-refractivity contribution in [1.29, 1.82) is 0 Å². The van der Waals surface area contributed by atoms with Crippen LogP contribution >= 0.6 is 0 Å². The number of aliphatic carboxylic acids is 1. The molecule has 1 N–H and O–H groups in total. The van der Waals surface area contributed by atoms with Gasteiger partial charge < -0.3 is 14.7 Å². The molecule has 3 unspecified atom stereocenters. The Morgan fingerprint density at radius 1 is 1.17 bits per heavy atom. The molecule has 1 saturated heterocycles. The quantitative estimate of drug-likeness (QED) is 0.901. The summed E-state index contributed by atoms with van der Waals surface area (Å²) in [5.74, 6) is -1.67. The Morgan fingerprint density at radius 2 is 1.91 bits per heavy atom. The van der Waals surface area contributed by atoms with Gasteiger partial charge in [-0.05, 0) is 31.2 Å². The van der Waals surface area contributed by atoms with Crippen LogP contribution in [-0.2, 0) is 20.7 Å². The number of ether oxygens (including phenoxy) is 1. The Bertz CT molecular complexity index is 559. The van der Waals surface area contributed by atoms with Gasteiger partial charge in [-0.25, -0.2) is 0 Å². The summed E-state index contributed by atoms with van der Waals surface area (Å²) in [5, 5.41) is 9.12. The number of benzene rings is 1. The fourth-order valence-corrected chi connectivity index (χ4v) is 3.39. The summed E-state index contributed by atoms with van der Waals surface area (Å²) < 4.78 is 5.78. The molecule has 0 radical (unpaired) electrons. The highest BCUT2D eigenvalue weighted by Crippen LogP contribution is 2.36. The number of aryl methyl sites for hydroxylation is 1. The van der Waals surface area contributed by atoms with Crippen LogP contribution in [0.4, 0.5) is 0 Å². The van der Waals surface area contributed by atoms with Crippen molar-refractivity contribution < 1.29 is 19.4 Å². The molecule has 3 rings (SSSR count). The molecule has 2 aliphatic rings. The third-order valence-corrected chi connectivity index (χ3v) is 4.96. The van der Waals surface area contributed by atoms with Crippen molar-refractivity contribution in [2.45, 2.75) is 31.8 Å². The number of carbonyl (C=O) groups is 2. The van der Waals surface area contributed by atoms with E-state index in [1.165, 1.54) is 5.56 Å². The molecule has 1 aliphatic carbocycles. The van der Waals surface area contributed by atoms with Crippen LogP contribution in [0, 0.1) is 11.8 Å². The predicted molar refractivity (Wildman–Crippen MR) is 84.9 cm³/mol. The van der Waals surface area contributed by atoms with E-state index in [0.29, 0.717) is 32.5 Å². The first-order valence-electron chi connectivity index (χ1n) is 8.32. The molecule has 124 valence electrons. The second-order valence-electron chi connectivity index (χ2n) is 6.43. The number of hydrogen-bond acceptors (Lipinski definition) is 3. The SMILES string of the molecule is O=C(O)C1CCC1C(=O)N1CCOC(CCc2ccccc2)C1. The summed E-state index contributed by atoms with van der Waals surface area (Å²) in [5.41, 5.74) is 1.27. The van der Waals surface area contributed by atoms with E-state index in [4.69, 9.17) is 9.84 Å². The summed E-state index contributed by atoms with van der Waals surface area (Å²) >= 11 is 0. The van der Waals surface area contributed by atoms with E-state index in [0.717, 1.165) is 12.8 Å². The zero-order valence-electron chi connectivity index (χ0n) is 13.2. The molecular weight excluding hydrogens is 294 g/mol. The van der Waals surface area contributed by atoms with Gasteiger partial charge in [0.2, 0.25) is 5.91 Å². The molecule has 1 aromatic carbocycles. The van der Waals surface area contributed by atoms with Crippen molar-refractivity contribution >= 4 is 11.9 Å².